The highest BCUT2D eigenvalue weighted by atomic mass is 32.1. The van der Waals surface area contributed by atoms with E-state index in [0.29, 0.717) is 6.54 Å². The lowest BCUT2D eigenvalue weighted by atomic mass is 10.1. The van der Waals surface area contributed by atoms with Crippen LogP contribution in [-0.4, -0.2) is 54.0 Å². The van der Waals surface area contributed by atoms with E-state index in [1.807, 2.05) is 19.1 Å². The van der Waals surface area contributed by atoms with Crippen LogP contribution >= 0.6 is 11.3 Å². The smallest absolute Gasteiger partial charge is 0.261 e. The van der Waals surface area contributed by atoms with Crippen LogP contribution in [-0.2, 0) is 6.54 Å². The minimum atomic E-state index is -0.0506. The average molecular weight is 396 g/mol. The number of hydrogen-bond acceptors (Lipinski definition) is 6. The molecule has 0 radical (unpaired) electrons. The molecule has 6 nitrogen and oxygen atoms in total. The molecule has 1 fully saturated rings. The van der Waals surface area contributed by atoms with Crippen molar-refractivity contribution in [1.82, 2.24) is 20.2 Å². The number of nitrogens with zero attached hydrogens (tertiary/aromatic N) is 4. The molecular weight excluding hydrogens is 370 g/mol. The van der Waals surface area contributed by atoms with Crippen LogP contribution in [0.25, 0.3) is 10.2 Å². The molecule has 4 rings (SSSR count). The number of likely N-dealkylation sites (N-methyl/N-ethyl adjacent to an activating group) is 1. The molecule has 0 bridgehead atoms. The Hall–Kier alpha value is -2.51. The summed E-state index contributed by atoms with van der Waals surface area (Å²) in [7, 11) is 2.14. The molecule has 1 amide bonds. The first kappa shape index (κ1) is 18.8. The van der Waals surface area contributed by atoms with E-state index in [-0.39, 0.29) is 5.91 Å². The van der Waals surface area contributed by atoms with E-state index in [1.165, 1.54) is 16.9 Å². The molecule has 1 N–H and O–H groups in total. The predicted octanol–water partition coefficient (Wildman–Crippen LogP) is 2.99. The Kier molecular flexibility index (Phi) is 5.28. The number of rotatable bonds is 4. The lowest BCUT2D eigenvalue weighted by Gasteiger charge is -2.33. The van der Waals surface area contributed by atoms with Gasteiger partial charge in [-0.1, -0.05) is 29.8 Å². The number of thiophene rings is 1. The quantitative estimate of drug-likeness (QED) is 0.736. The molecule has 3 heterocycles. The van der Waals surface area contributed by atoms with E-state index in [9.17, 15) is 4.79 Å². The Labute approximate surface area is 169 Å². The Morgan fingerprint density at radius 1 is 1.11 bits per heavy atom. The minimum absolute atomic E-state index is 0.0506. The third kappa shape index (κ3) is 3.72. The first-order valence-electron chi connectivity index (χ1n) is 9.54. The number of anilines is 1. The maximum atomic E-state index is 12.8. The van der Waals surface area contributed by atoms with Crippen LogP contribution in [0.15, 0.2) is 30.6 Å². The Bertz CT molecular complexity index is 990. The largest absolute Gasteiger partial charge is 0.353 e. The molecule has 0 saturated carbocycles. The fraction of sp³-hybridized carbons (Fsp3) is 0.381. The first-order chi connectivity index (χ1) is 13.5. The van der Waals surface area contributed by atoms with E-state index in [0.717, 1.165) is 58.2 Å². The molecule has 1 aromatic carbocycles. The van der Waals surface area contributed by atoms with Gasteiger partial charge < -0.3 is 15.1 Å². The SMILES string of the molecule is Cc1ccc(CNC(=O)c2sc3ncnc(N4CCN(C)CC4)c3c2C)cc1. The summed E-state index contributed by atoms with van der Waals surface area (Å²) in [6.45, 7) is 8.48. The molecule has 0 atom stereocenters. The zero-order valence-electron chi connectivity index (χ0n) is 16.5. The zero-order valence-corrected chi connectivity index (χ0v) is 17.3. The second kappa shape index (κ2) is 7.85. The minimum Gasteiger partial charge on any atom is -0.353 e. The molecule has 7 heteroatoms. The van der Waals surface area contributed by atoms with Crippen LogP contribution in [0.1, 0.15) is 26.4 Å². The lowest BCUT2D eigenvalue weighted by Crippen LogP contribution is -2.44. The molecule has 0 aliphatic carbocycles. The van der Waals surface area contributed by atoms with Gasteiger partial charge in [0.25, 0.3) is 5.91 Å². The van der Waals surface area contributed by atoms with E-state index in [4.69, 9.17) is 0 Å². The van der Waals surface area contributed by atoms with Crippen molar-refractivity contribution in [2.45, 2.75) is 20.4 Å². The number of benzene rings is 1. The van der Waals surface area contributed by atoms with Crippen molar-refractivity contribution in [2.24, 2.45) is 0 Å². The van der Waals surface area contributed by atoms with Gasteiger partial charge in [-0.2, -0.15) is 0 Å². The van der Waals surface area contributed by atoms with Crippen molar-refractivity contribution < 1.29 is 4.79 Å². The Morgan fingerprint density at radius 3 is 2.54 bits per heavy atom. The standard InChI is InChI=1S/C21H25N5OS/c1-14-4-6-16(7-5-14)12-22-20(27)18-15(2)17-19(23-13-24-21(17)28-18)26-10-8-25(3)9-11-26/h4-7,13H,8-12H2,1-3H3,(H,22,27). The van der Waals surface area contributed by atoms with Gasteiger partial charge in [-0.3, -0.25) is 4.79 Å². The molecule has 1 saturated heterocycles. The summed E-state index contributed by atoms with van der Waals surface area (Å²) in [5.41, 5.74) is 3.28. The average Bonchev–Trinajstić information content (AvgIpc) is 3.05. The number of carbonyl (C=O) groups excluding carboxylic acids is 1. The van der Waals surface area contributed by atoms with Gasteiger partial charge in [-0.05, 0) is 32.0 Å². The third-order valence-corrected chi connectivity index (χ3v) is 6.49. The van der Waals surface area contributed by atoms with Crippen molar-refractivity contribution >= 4 is 33.3 Å². The van der Waals surface area contributed by atoms with Gasteiger partial charge in [-0.15, -0.1) is 11.3 Å². The van der Waals surface area contributed by atoms with Gasteiger partial charge >= 0.3 is 0 Å². The highest BCUT2D eigenvalue weighted by Crippen LogP contribution is 2.35. The van der Waals surface area contributed by atoms with Gasteiger partial charge in [-0.25, -0.2) is 9.97 Å². The summed E-state index contributed by atoms with van der Waals surface area (Å²) in [6, 6.07) is 8.21. The second-order valence-electron chi connectivity index (χ2n) is 7.39. The second-order valence-corrected chi connectivity index (χ2v) is 8.39. The number of amides is 1. The zero-order chi connectivity index (χ0) is 19.7. The summed E-state index contributed by atoms with van der Waals surface area (Å²) in [6.07, 6.45) is 1.61. The van der Waals surface area contributed by atoms with E-state index in [1.54, 1.807) is 6.33 Å². The first-order valence-corrected chi connectivity index (χ1v) is 10.4. The lowest BCUT2D eigenvalue weighted by molar-refractivity contribution is 0.0954. The van der Waals surface area contributed by atoms with Crippen molar-refractivity contribution in [2.75, 3.05) is 38.1 Å². The summed E-state index contributed by atoms with van der Waals surface area (Å²) in [5, 5.41) is 4.06. The fourth-order valence-electron chi connectivity index (χ4n) is 3.50. The van der Waals surface area contributed by atoms with Crippen molar-refractivity contribution in [3.8, 4) is 0 Å². The van der Waals surface area contributed by atoms with Crippen LogP contribution in [0.2, 0.25) is 0 Å². The van der Waals surface area contributed by atoms with E-state index >= 15 is 0 Å². The molecule has 1 aliphatic heterocycles. The molecule has 3 aromatic rings. The van der Waals surface area contributed by atoms with Crippen molar-refractivity contribution in [3.63, 3.8) is 0 Å². The normalized spacial score (nSPS) is 15.2. The molecule has 28 heavy (non-hydrogen) atoms. The van der Waals surface area contributed by atoms with Crippen LogP contribution in [0.4, 0.5) is 5.82 Å². The van der Waals surface area contributed by atoms with E-state index in [2.05, 4.69) is 51.2 Å². The van der Waals surface area contributed by atoms with E-state index < -0.39 is 0 Å². The van der Waals surface area contributed by atoms with Crippen molar-refractivity contribution in [1.29, 1.82) is 0 Å². The number of aromatic nitrogens is 2. The van der Waals surface area contributed by atoms with Crippen LogP contribution in [0.3, 0.4) is 0 Å². The summed E-state index contributed by atoms with van der Waals surface area (Å²) >= 11 is 1.45. The maximum Gasteiger partial charge on any atom is 0.261 e. The summed E-state index contributed by atoms with van der Waals surface area (Å²) in [4.78, 5) is 28.1. The van der Waals surface area contributed by atoms with Crippen molar-refractivity contribution in [3.05, 3.63) is 52.2 Å². The third-order valence-electron chi connectivity index (χ3n) is 5.29. The number of hydrogen-bond donors (Lipinski definition) is 1. The van der Waals surface area contributed by atoms with Crippen LogP contribution in [0.5, 0.6) is 0 Å². The molecule has 0 spiro atoms. The number of fused-ring (bicyclic) bond motifs is 1. The van der Waals surface area contributed by atoms with Gasteiger partial charge in [0.05, 0.1) is 10.3 Å². The molecule has 2 aromatic heterocycles. The summed E-state index contributed by atoms with van der Waals surface area (Å²) < 4.78 is 0. The summed E-state index contributed by atoms with van der Waals surface area (Å²) in [5.74, 6) is 0.898. The fourth-order valence-corrected chi connectivity index (χ4v) is 4.56. The highest BCUT2D eigenvalue weighted by molar-refractivity contribution is 7.20. The topological polar surface area (TPSA) is 61.4 Å². The number of nitrogens with one attached hydrogen (secondary N) is 1. The number of carbonyl (C=O) groups is 1. The maximum absolute atomic E-state index is 12.8. The molecule has 0 unspecified atom stereocenters. The van der Waals surface area contributed by atoms with Gasteiger partial charge in [0, 0.05) is 32.7 Å². The molecular formula is C21H25N5OS. The predicted molar refractivity (Wildman–Crippen MR) is 114 cm³/mol. The van der Waals surface area contributed by atoms with Crippen LogP contribution < -0.4 is 10.2 Å². The molecule has 146 valence electrons. The van der Waals surface area contributed by atoms with Crippen LogP contribution in [0, 0.1) is 13.8 Å². The Balaban J connectivity index is 1.58. The number of aryl methyl sites for hydroxylation is 2. The Morgan fingerprint density at radius 2 is 1.82 bits per heavy atom. The van der Waals surface area contributed by atoms with Gasteiger partial charge in [0.2, 0.25) is 0 Å². The highest BCUT2D eigenvalue weighted by Gasteiger charge is 2.23. The molecule has 1 aliphatic rings. The van der Waals surface area contributed by atoms with Gasteiger partial charge in [0.15, 0.2) is 0 Å². The monoisotopic (exact) mass is 395 g/mol. The van der Waals surface area contributed by atoms with Gasteiger partial charge in [0.1, 0.15) is 17.0 Å². The number of piperazine rings is 1.